The van der Waals surface area contributed by atoms with E-state index in [0.717, 1.165) is 12.8 Å². The van der Waals surface area contributed by atoms with Crippen molar-refractivity contribution in [1.82, 2.24) is 0 Å². The fourth-order valence-corrected chi connectivity index (χ4v) is 0.624. The van der Waals surface area contributed by atoms with Gasteiger partial charge in [-0.2, -0.15) is 13.2 Å². The van der Waals surface area contributed by atoms with Gasteiger partial charge in [0.1, 0.15) is 6.61 Å². The maximum atomic E-state index is 11.6. The highest BCUT2D eigenvalue weighted by Gasteiger charge is 2.40. The van der Waals surface area contributed by atoms with Gasteiger partial charge in [0.15, 0.2) is 0 Å². The van der Waals surface area contributed by atoms with Crippen LogP contribution in [0.5, 0.6) is 0 Å². The van der Waals surface area contributed by atoms with Crippen molar-refractivity contribution in [2.45, 2.75) is 25.9 Å². The summed E-state index contributed by atoms with van der Waals surface area (Å²) >= 11 is 0. The van der Waals surface area contributed by atoms with E-state index in [2.05, 4.69) is 4.74 Å². The highest BCUT2D eigenvalue weighted by molar-refractivity contribution is 5.75. The van der Waals surface area contributed by atoms with Gasteiger partial charge < -0.3 is 9.47 Å². The maximum absolute atomic E-state index is 11.6. The van der Waals surface area contributed by atoms with Gasteiger partial charge in [-0.3, -0.25) is 0 Å². The lowest BCUT2D eigenvalue weighted by atomic mass is 10.4. The second kappa shape index (κ2) is 6.64. The van der Waals surface area contributed by atoms with Gasteiger partial charge in [0, 0.05) is 6.61 Å². The van der Waals surface area contributed by atoms with E-state index < -0.39 is 12.1 Å². The highest BCUT2D eigenvalue weighted by atomic mass is 19.4. The quantitative estimate of drug-likeness (QED) is 0.500. The number of ether oxygens (including phenoxy) is 2. The molecule has 0 rings (SSSR count). The SMILES string of the molecule is CCCCOCCOC(=O)C(F)(F)F. The normalized spacial score (nSPS) is 11.4. The molecule has 0 spiro atoms. The van der Waals surface area contributed by atoms with E-state index in [4.69, 9.17) is 4.74 Å². The molecule has 0 aliphatic rings. The van der Waals surface area contributed by atoms with Gasteiger partial charge >= 0.3 is 12.1 Å². The Balaban J connectivity index is 3.33. The molecule has 3 nitrogen and oxygen atoms in total. The Kier molecular flexibility index (Phi) is 6.27. The van der Waals surface area contributed by atoms with Crippen molar-refractivity contribution in [2.75, 3.05) is 19.8 Å². The average Bonchev–Trinajstić information content (AvgIpc) is 2.09. The lowest BCUT2D eigenvalue weighted by molar-refractivity contribution is -0.200. The standard InChI is InChI=1S/C8H13F3O3/c1-2-3-4-13-5-6-14-7(12)8(9,10)11/h2-6H2,1H3. The van der Waals surface area contributed by atoms with Crippen LogP contribution in [-0.4, -0.2) is 32.0 Å². The third-order valence-electron chi connectivity index (χ3n) is 1.33. The number of hydrogen-bond donors (Lipinski definition) is 0. The zero-order chi connectivity index (χ0) is 11.0. The molecule has 0 atom stereocenters. The molecule has 0 aromatic heterocycles. The van der Waals surface area contributed by atoms with Crippen molar-refractivity contribution in [2.24, 2.45) is 0 Å². The first kappa shape index (κ1) is 13.2. The molecule has 0 saturated heterocycles. The van der Waals surface area contributed by atoms with Crippen molar-refractivity contribution in [3.05, 3.63) is 0 Å². The Bertz CT molecular complexity index is 168. The molecule has 0 unspecified atom stereocenters. The van der Waals surface area contributed by atoms with Gasteiger partial charge in [-0.25, -0.2) is 4.79 Å². The molecule has 0 fully saturated rings. The molecule has 6 heteroatoms. The molecule has 0 aromatic rings. The Morgan fingerprint density at radius 2 is 1.86 bits per heavy atom. The van der Waals surface area contributed by atoms with E-state index in [-0.39, 0.29) is 13.2 Å². The number of carbonyl (C=O) groups excluding carboxylic acids is 1. The van der Waals surface area contributed by atoms with Crippen LogP contribution >= 0.6 is 0 Å². The number of unbranched alkanes of at least 4 members (excludes halogenated alkanes) is 1. The molecule has 84 valence electrons. The minimum absolute atomic E-state index is 0.00181. The van der Waals surface area contributed by atoms with Crippen molar-refractivity contribution in [3.8, 4) is 0 Å². The summed E-state index contributed by atoms with van der Waals surface area (Å²) < 4.78 is 43.5. The van der Waals surface area contributed by atoms with Crippen LogP contribution in [0, 0.1) is 0 Å². The fourth-order valence-electron chi connectivity index (χ4n) is 0.624. The second-order valence-corrected chi connectivity index (χ2v) is 2.60. The number of hydrogen-bond acceptors (Lipinski definition) is 3. The molecule has 0 bridgehead atoms. The van der Waals surface area contributed by atoms with Gasteiger partial charge in [-0.1, -0.05) is 13.3 Å². The molecule has 0 heterocycles. The van der Waals surface area contributed by atoms with Crippen LogP contribution in [0.1, 0.15) is 19.8 Å². The monoisotopic (exact) mass is 214 g/mol. The lowest BCUT2D eigenvalue weighted by Crippen LogP contribution is -2.26. The molecule has 0 aromatic carbocycles. The van der Waals surface area contributed by atoms with Crippen LogP contribution in [0.15, 0.2) is 0 Å². The van der Waals surface area contributed by atoms with E-state index in [1.165, 1.54) is 0 Å². The molecule has 14 heavy (non-hydrogen) atoms. The highest BCUT2D eigenvalue weighted by Crippen LogP contribution is 2.16. The molecule has 0 radical (unpaired) electrons. The van der Waals surface area contributed by atoms with Gasteiger partial charge in [-0.15, -0.1) is 0 Å². The Hall–Kier alpha value is -0.780. The van der Waals surface area contributed by atoms with Crippen molar-refractivity contribution >= 4 is 5.97 Å². The van der Waals surface area contributed by atoms with Gasteiger partial charge in [0.2, 0.25) is 0 Å². The first-order valence-electron chi connectivity index (χ1n) is 4.30. The van der Waals surface area contributed by atoms with E-state index in [9.17, 15) is 18.0 Å². The first-order chi connectivity index (χ1) is 6.48. The third-order valence-corrected chi connectivity index (χ3v) is 1.33. The van der Waals surface area contributed by atoms with Crippen LogP contribution in [0.3, 0.4) is 0 Å². The van der Waals surface area contributed by atoms with Crippen LogP contribution in [-0.2, 0) is 14.3 Å². The van der Waals surface area contributed by atoms with Crippen LogP contribution in [0.4, 0.5) is 13.2 Å². The van der Waals surface area contributed by atoms with Crippen molar-refractivity contribution in [1.29, 1.82) is 0 Å². The van der Waals surface area contributed by atoms with E-state index >= 15 is 0 Å². The zero-order valence-electron chi connectivity index (χ0n) is 7.89. The largest absolute Gasteiger partial charge is 0.490 e. The summed E-state index contributed by atoms with van der Waals surface area (Å²) in [6.07, 6.45) is -3.13. The fraction of sp³-hybridized carbons (Fsp3) is 0.875. The number of carbonyl (C=O) groups is 1. The lowest BCUT2D eigenvalue weighted by Gasteiger charge is -2.07. The molecular formula is C8H13F3O3. The first-order valence-corrected chi connectivity index (χ1v) is 4.30. The van der Waals surface area contributed by atoms with Crippen LogP contribution < -0.4 is 0 Å². The smallest absolute Gasteiger partial charge is 0.457 e. The molecule has 0 saturated carbocycles. The number of rotatable bonds is 6. The van der Waals surface area contributed by atoms with Crippen molar-refractivity contribution < 1.29 is 27.4 Å². The third kappa shape index (κ3) is 6.71. The summed E-state index contributed by atoms with van der Waals surface area (Å²) in [5.41, 5.74) is 0. The second-order valence-electron chi connectivity index (χ2n) is 2.60. The molecular weight excluding hydrogens is 201 g/mol. The van der Waals surface area contributed by atoms with Crippen LogP contribution in [0.25, 0.3) is 0 Å². The Morgan fingerprint density at radius 3 is 2.36 bits per heavy atom. The number of esters is 1. The maximum Gasteiger partial charge on any atom is 0.490 e. The minimum atomic E-state index is -4.91. The summed E-state index contributed by atoms with van der Waals surface area (Å²) in [6.45, 7) is 2.08. The average molecular weight is 214 g/mol. The summed E-state index contributed by atoms with van der Waals surface area (Å²) in [7, 11) is 0. The number of halogens is 3. The summed E-state index contributed by atoms with van der Waals surface area (Å²) in [5, 5.41) is 0. The minimum Gasteiger partial charge on any atom is -0.457 e. The predicted octanol–water partition coefficient (Wildman–Crippen LogP) is 1.91. The molecule has 0 N–H and O–H groups in total. The Labute approximate surface area is 80.2 Å². The number of alkyl halides is 3. The summed E-state index contributed by atoms with van der Waals surface area (Å²) in [5.74, 6) is -2.17. The molecule has 0 amide bonds. The topological polar surface area (TPSA) is 35.5 Å². The predicted molar refractivity (Wildman–Crippen MR) is 42.7 cm³/mol. The van der Waals surface area contributed by atoms with Gasteiger partial charge in [-0.05, 0) is 6.42 Å². The molecule has 0 aliphatic carbocycles. The summed E-state index contributed by atoms with van der Waals surface area (Å²) in [4.78, 5) is 10.2. The van der Waals surface area contributed by atoms with E-state index in [0.29, 0.717) is 6.61 Å². The van der Waals surface area contributed by atoms with E-state index in [1.807, 2.05) is 6.92 Å². The Morgan fingerprint density at radius 1 is 1.21 bits per heavy atom. The van der Waals surface area contributed by atoms with Gasteiger partial charge in [0.05, 0.1) is 6.61 Å². The van der Waals surface area contributed by atoms with Crippen LogP contribution in [0.2, 0.25) is 0 Å². The zero-order valence-corrected chi connectivity index (χ0v) is 7.89. The van der Waals surface area contributed by atoms with Crippen molar-refractivity contribution in [3.63, 3.8) is 0 Å². The molecule has 0 aliphatic heterocycles. The van der Waals surface area contributed by atoms with E-state index in [1.54, 1.807) is 0 Å². The summed E-state index contributed by atoms with van der Waals surface area (Å²) in [6, 6.07) is 0. The van der Waals surface area contributed by atoms with Gasteiger partial charge in [0.25, 0.3) is 0 Å².